The van der Waals surface area contributed by atoms with Crippen LogP contribution in [0.3, 0.4) is 0 Å². The number of nitrogens with one attached hydrogen (secondary N) is 1. The number of hydrogen-bond donors (Lipinski definition) is 2. The fraction of sp³-hybridized carbons (Fsp3) is 0.625. The minimum atomic E-state index is -0.155. The Labute approximate surface area is 126 Å². The molecule has 0 saturated carbocycles. The van der Waals surface area contributed by atoms with Crippen molar-refractivity contribution in [2.75, 3.05) is 13.2 Å². The monoisotopic (exact) mass is 294 g/mol. The topological polar surface area (TPSA) is 71.5 Å². The van der Waals surface area contributed by atoms with Gasteiger partial charge in [-0.25, -0.2) is 4.98 Å². The van der Waals surface area contributed by atoms with Crippen molar-refractivity contribution < 1.29 is 14.6 Å². The van der Waals surface area contributed by atoms with E-state index in [1.54, 1.807) is 18.3 Å². The van der Waals surface area contributed by atoms with Crippen molar-refractivity contribution in [2.45, 2.75) is 46.6 Å². The van der Waals surface area contributed by atoms with E-state index in [1.165, 1.54) is 0 Å². The summed E-state index contributed by atoms with van der Waals surface area (Å²) in [7, 11) is 0. The van der Waals surface area contributed by atoms with Gasteiger partial charge in [-0.3, -0.25) is 4.79 Å². The highest BCUT2D eigenvalue weighted by atomic mass is 16.5. The van der Waals surface area contributed by atoms with Crippen molar-refractivity contribution >= 4 is 5.91 Å². The van der Waals surface area contributed by atoms with Crippen LogP contribution in [0.2, 0.25) is 0 Å². The molecule has 5 nitrogen and oxygen atoms in total. The Morgan fingerprint density at radius 2 is 2.24 bits per heavy atom. The molecule has 0 aliphatic rings. The van der Waals surface area contributed by atoms with Crippen molar-refractivity contribution in [1.82, 2.24) is 10.3 Å². The van der Waals surface area contributed by atoms with E-state index in [0.717, 1.165) is 6.42 Å². The van der Waals surface area contributed by atoms with Crippen LogP contribution in [0, 0.1) is 5.41 Å². The highest BCUT2D eigenvalue weighted by Gasteiger charge is 2.19. The summed E-state index contributed by atoms with van der Waals surface area (Å²) in [4.78, 5) is 16.3. The van der Waals surface area contributed by atoms with Gasteiger partial charge >= 0.3 is 0 Å². The van der Waals surface area contributed by atoms with Gasteiger partial charge in [0.2, 0.25) is 5.88 Å². The molecule has 0 spiro atoms. The molecular weight excluding hydrogens is 268 g/mol. The van der Waals surface area contributed by atoms with Gasteiger partial charge in [0.1, 0.15) is 0 Å². The third-order valence-electron chi connectivity index (χ3n) is 3.41. The number of carbonyl (C=O) groups is 1. The zero-order valence-corrected chi connectivity index (χ0v) is 13.3. The number of pyridine rings is 1. The number of ether oxygens (including phenoxy) is 1. The lowest BCUT2D eigenvalue weighted by molar-refractivity contribution is 0.0927. The Bertz CT molecular complexity index is 461. The van der Waals surface area contributed by atoms with E-state index >= 15 is 0 Å². The molecule has 1 rings (SSSR count). The van der Waals surface area contributed by atoms with Crippen LogP contribution in [0.1, 0.15) is 50.9 Å². The number of aliphatic hydroxyl groups excluding tert-OH is 1. The maximum Gasteiger partial charge on any atom is 0.251 e. The molecule has 0 aliphatic carbocycles. The molecule has 0 aromatic carbocycles. The van der Waals surface area contributed by atoms with Crippen LogP contribution in [0.5, 0.6) is 5.88 Å². The smallest absolute Gasteiger partial charge is 0.251 e. The van der Waals surface area contributed by atoms with E-state index in [-0.39, 0.29) is 24.0 Å². The number of nitrogens with zero attached hydrogens (tertiary/aromatic N) is 1. The maximum atomic E-state index is 12.1. The van der Waals surface area contributed by atoms with Crippen LogP contribution in [0.15, 0.2) is 18.3 Å². The molecule has 1 amide bonds. The average molecular weight is 294 g/mol. The molecule has 1 aromatic heterocycles. The Kier molecular flexibility index (Phi) is 6.62. The number of hydrogen-bond acceptors (Lipinski definition) is 4. The molecule has 21 heavy (non-hydrogen) atoms. The maximum absolute atomic E-state index is 12.1. The predicted molar refractivity (Wildman–Crippen MR) is 82.4 cm³/mol. The van der Waals surface area contributed by atoms with Gasteiger partial charge in [0.25, 0.3) is 5.91 Å². The van der Waals surface area contributed by atoms with E-state index < -0.39 is 0 Å². The van der Waals surface area contributed by atoms with E-state index in [9.17, 15) is 4.79 Å². The van der Waals surface area contributed by atoms with E-state index in [1.807, 2.05) is 27.7 Å². The molecule has 5 heteroatoms. The number of rotatable bonds is 8. The number of aliphatic hydroxyl groups is 1. The van der Waals surface area contributed by atoms with Crippen LogP contribution in [0.25, 0.3) is 0 Å². The summed E-state index contributed by atoms with van der Waals surface area (Å²) in [6.45, 7) is 8.64. The Morgan fingerprint density at radius 1 is 1.52 bits per heavy atom. The number of carbonyl (C=O) groups excluding carboxylic acids is 1. The molecule has 1 atom stereocenters. The third kappa shape index (κ3) is 6.12. The molecule has 0 bridgehead atoms. The second-order valence-corrected chi connectivity index (χ2v) is 6.04. The standard InChI is InChI=1S/C16H26N2O3/c1-5-12(2)21-14-10-13(6-8-17-14)15(20)18-11-16(3,4)7-9-19/h6,8,10,12,19H,5,7,9,11H2,1-4H3,(H,18,20). The zero-order chi connectivity index (χ0) is 15.9. The fourth-order valence-corrected chi connectivity index (χ4v) is 1.72. The van der Waals surface area contributed by atoms with Crippen molar-refractivity contribution in [3.8, 4) is 5.88 Å². The summed E-state index contributed by atoms with van der Waals surface area (Å²) in [5, 5.41) is 11.9. The lowest BCUT2D eigenvalue weighted by Gasteiger charge is -2.23. The summed E-state index contributed by atoms with van der Waals surface area (Å²) in [6, 6.07) is 3.32. The first-order valence-electron chi connectivity index (χ1n) is 7.39. The third-order valence-corrected chi connectivity index (χ3v) is 3.41. The van der Waals surface area contributed by atoms with E-state index in [4.69, 9.17) is 9.84 Å². The second kappa shape index (κ2) is 7.98. The van der Waals surface area contributed by atoms with Gasteiger partial charge in [-0.1, -0.05) is 20.8 Å². The average Bonchev–Trinajstić information content (AvgIpc) is 2.45. The molecule has 0 fully saturated rings. The quantitative estimate of drug-likeness (QED) is 0.772. The van der Waals surface area contributed by atoms with Gasteiger partial charge in [0.15, 0.2) is 0 Å². The summed E-state index contributed by atoms with van der Waals surface area (Å²) in [5.41, 5.74) is 0.399. The lowest BCUT2D eigenvalue weighted by Crippen LogP contribution is -2.34. The second-order valence-electron chi connectivity index (χ2n) is 6.04. The normalized spacial score (nSPS) is 12.8. The molecule has 0 saturated heterocycles. The van der Waals surface area contributed by atoms with Gasteiger partial charge in [-0.2, -0.15) is 0 Å². The summed E-state index contributed by atoms with van der Waals surface area (Å²) in [6.07, 6.45) is 3.17. The molecule has 1 aromatic rings. The Hall–Kier alpha value is -1.62. The summed E-state index contributed by atoms with van der Waals surface area (Å²) < 4.78 is 5.61. The molecule has 0 aliphatic heterocycles. The molecule has 2 N–H and O–H groups in total. The Balaban J connectivity index is 2.64. The van der Waals surface area contributed by atoms with Crippen molar-refractivity contribution in [1.29, 1.82) is 0 Å². The first-order valence-corrected chi connectivity index (χ1v) is 7.39. The largest absolute Gasteiger partial charge is 0.475 e. The van der Waals surface area contributed by atoms with Gasteiger partial charge in [0, 0.05) is 31.0 Å². The zero-order valence-electron chi connectivity index (χ0n) is 13.3. The number of amides is 1. The fourth-order valence-electron chi connectivity index (χ4n) is 1.72. The summed E-state index contributed by atoms with van der Waals surface area (Å²) >= 11 is 0. The molecular formula is C16H26N2O3. The SMILES string of the molecule is CCC(C)Oc1cc(C(=O)NCC(C)(C)CCO)ccn1. The van der Waals surface area contributed by atoms with Crippen molar-refractivity contribution in [3.63, 3.8) is 0 Å². The molecule has 1 heterocycles. The van der Waals surface area contributed by atoms with Crippen LogP contribution in [-0.2, 0) is 0 Å². The van der Waals surface area contributed by atoms with Gasteiger partial charge < -0.3 is 15.2 Å². The van der Waals surface area contributed by atoms with Crippen LogP contribution < -0.4 is 10.1 Å². The van der Waals surface area contributed by atoms with Crippen LogP contribution in [-0.4, -0.2) is 35.3 Å². The molecule has 118 valence electrons. The van der Waals surface area contributed by atoms with Crippen LogP contribution in [0.4, 0.5) is 0 Å². The minimum Gasteiger partial charge on any atom is -0.475 e. The van der Waals surface area contributed by atoms with Crippen molar-refractivity contribution in [3.05, 3.63) is 23.9 Å². The van der Waals surface area contributed by atoms with Crippen LogP contribution >= 0.6 is 0 Å². The molecule has 0 radical (unpaired) electrons. The minimum absolute atomic E-state index is 0.0688. The highest BCUT2D eigenvalue weighted by molar-refractivity contribution is 5.94. The lowest BCUT2D eigenvalue weighted by atomic mass is 9.89. The van der Waals surface area contributed by atoms with E-state index in [0.29, 0.717) is 24.4 Å². The summed E-state index contributed by atoms with van der Waals surface area (Å²) in [5.74, 6) is 0.309. The first-order chi connectivity index (χ1) is 9.88. The first kappa shape index (κ1) is 17.4. The Morgan fingerprint density at radius 3 is 2.86 bits per heavy atom. The number of aromatic nitrogens is 1. The van der Waals surface area contributed by atoms with E-state index in [2.05, 4.69) is 10.3 Å². The van der Waals surface area contributed by atoms with Gasteiger partial charge in [0.05, 0.1) is 6.10 Å². The molecule has 1 unspecified atom stereocenters. The van der Waals surface area contributed by atoms with Gasteiger partial charge in [-0.15, -0.1) is 0 Å². The highest BCUT2D eigenvalue weighted by Crippen LogP contribution is 2.18. The van der Waals surface area contributed by atoms with Crippen molar-refractivity contribution in [2.24, 2.45) is 5.41 Å². The van der Waals surface area contributed by atoms with Gasteiger partial charge in [-0.05, 0) is 31.2 Å². The predicted octanol–water partition coefficient (Wildman–Crippen LogP) is 2.40.